The highest BCUT2D eigenvalue weighted by Gasteiger charge is 2.25. The molecule has 0 spiro atoms. The second kappa shape index (κ2) is 7.71. The fourth-order valence-electron chi connectivity index (χ4n) is 2.19. The van der Waals surface area contributed by atoms with Crippen LogP contribution in [0.4, 0.5) is 5.82 Å². The van der Waals surface area contributed by atoms with Crippen LogP contribution in [0.15, 0.2) is 18.3 Å². The van der Waals surface area contributed by atoms with Gasteiger partial charge in [-0.3, -0.25) is 9.52 Å². The van der Waals surface area contributed by atoms with Gasteiger partial charge < -0.3 is 9.64 Å². The Morgan fingerprint density at radius 1 is 1.30 bits per heavy atom. The van der Waals surface area contributed by atoms with Gasteiger partial charge in [-0.2, -0.15) is 12.7 Å². The van der Waals surface area contributed by atoms with Gasteiger partial charge in [-0.05, 0) is 25.6 Å². The highest BCUT2D eigenvalue weighted by Crippen LogP contribution is 2.12. The summed E-state index contributed by atoms with van der Waals surface area (Å²) in [5.74, 6) is -0.100. The topological polar surface area (TPSA) is 91.8 Å². The number of hydrogen-bond acceptors (Lipinski definition) is 6. The van der Waals surface area contributed by atoms with Crippen molar-refractivity contribution >= 4 is 22.0 Å². The fourth-order valence-corrected chi connectivity index (χ4v) is 3.35. The predicted molar refractivity (Wildman–Crippen MR) is 86.2 cm³/mol. The van der Waals surface area contributed by atoms with Crippen LogP contribution in [0.5, 0.6) is 0 Å². The van der Waals surface area contributed by atoms with Gasteiger partial charge in [0, 0.05) is 32.4 Å². The summed E-state index contributed by atoms with van der Waals surface area (Å²) in [5.41, 5.74) is 0.672. The molecule has 0 radical (unpaired) electrons. The third-order valence-electron chi connectivity index (χ3n) is 3.51. The minimum absolute atomic E-state index is 0.117. The maximum atomic E-state index is 12.3. The minimum atomic E-state index is -3.60. The van der Waals surface area contributed by atoms with Crippen LogP contribution < -0.4 is 4.72 Å². The molecule has 0 saturated carbocycles. The van der Waals surface area contributed by atoms with E-state index in [0.717, 1.165) is 0 Å². The molecular weight excluding hydrogens is 320 g/mol. The van der Waals surface area contributed by atoms with E-state index in [9.17, 15) is 13.2 Å². The first kappa shape index (κ1) is 17.6. The number of carbonyl (C=O) groups is 1. The maximum Gasteiger partial charge on any atom is 0.310 e. The van der Waals surface area contributed by atoms with E-state index in [1.165, 1.54) is 10.5 Å². The predicted octanol–water partition coefficient (Wildman–Crippen LogP) is 0.0913. The number of pyridine rings is 1. The lowest BCUT2D eigenvalue weighted by Crippen LogP contribution is -2.48. The molecule has 9 heteroatoms. The smallest absolute Gasteiger partial charge is 0.310 e. The van der Waals surface area contributed by atoms with Gasteiger partial charge in [0.2, 0.25) is 0 Å². The number of likely N-dealkylation sites (N-methyl/N-ethyl adjacent to an activating group) is 1. The van der Waals surface area contributed by atoms with Gasteiger partial charge in [0.15, 0.2) is 0 Å². The van der Waals surface area contributed by atoms with E-state index in [1.54, 1.807) is 19.1 Å². The third kappa shape index (κ3) is 5.15. The molecular formula is C14H22N4O4S. The first-order chi connectivity index (χ1) is 10.9. The number of anilines is 1. The molecule has 1 aromatic rings. The zero-order chi connectivity index (χ0) is 16.9. The van der Waals surface area contributed by atoms with Crippen molar-refractivity contribution < 1.29 is 17.9 Å². The summed E-state index contributed by atoms with van der Waals surface area (Å²) < 4.78 is 33.3. The lowest BCUT2D eigenvalue weighted by Gasteiger charge is -2.31. The van der Waals surface area contributed by atoms with Crippen LogP contribution in [-0.2, 0) is 26.2 Å². The van der Waals surface area contributed by atoms with E-state index in [4.69, 9.17) is 4.74 Å². The maximum absolute atomic E-state index is 12.3. The Labute approximate surface area is 136 Å². The average Bonchev–Trinajstić information content (AvgIpc) is 2.50. The quantitative estimate of drug-likeness (QED) is 0.737. The van der Waals surface area contributed by atoms with Crippen LogP contribution in [-0.4, -0.2) is 68.4 Å². The number of rotatable bonds is 6. The molecule has 2 heterocycles. The summed E-state index contributed by atoms with van der Waals surface area (Å²) in [6.07, 6.45) is 1.59. The molecule has 1 aromatic heterocycles. The average molecular weight is 342 g/mol. The first-order valence-electron chi connectivity index (χ1n) is 7.47. The number of aromatic nitrogens is 1. The van der Waals surface area contributed by atoms with Crippen molar-refractivity contribution in [2.75, 3.05) is 44.6 Å². The number of hydrogen-bond donors (Lipinski definition) is 1. The minimum Gasteiger partial charge on any atom is -0.466 e. The van der Waals surface area contributed by atoms with Crippen LogP contribution in [0.3, 0.4) is 0 Å². The number of carbonyl (C=O) groups excluding carboxylic acids is 1. The molecule has 0 aliphatic carbocycles. The SMILES string of the molecule is CCOC(=O)Cc1ccc(NS(=O)(=O)N2CCN(C)CC2)nc1. The normalized spacial score (nSPS) is 17.0. The number of esters is 1. The van der Waals surface area contributed by atoms with E-state index in [0.29, 0.717) is 38.3 Å². The zero-order valence-electron chi connectivity index (χ0n) is 13.4. The van der Waals surface area contributed by atoms with Crippen molar-refractivity contribution in [3.8, 4) is 0 Å². The standard InChI is InChI=1S/C14H22N4O4S/c1-3-22-14(19)10-12-4-5-13(15-11-12)16-23(20,21)18-8-6-17(2)7-9-18/h4-5,11H,3,6-10H2,1-2H3,(H,15,16). The van der Waals surface area contributed by atoms with Gasteiger partial charge >= 0.3 is 16.2 Å². The monoisotopic (exact) mass is 342 g/mol. The Bertz CT molecular complexity index is 625. The number of ether oxygens (including phenoxy) is 1. The van der Waals surface area contributed by atoms with Crippen LogP contribution in [0.1, 0.15) is 12.5 Å². The fraction of sp³-hybridized carbons (Fsp3) is 0.571. The van der Waals surface area contributed by atoms with Gasteiger partial charge in [-0.15, -0.1) is 0 Å². The third-order valence-corrected chi connectivity index (χ3v) is 5.03. The van der Waals surface area contributed by atoms with Crippen molar-refractivity contribution in [1.82, 2.24) is 14.2 Å². The number of nitrogens with one attached hydrogen (secondary N) is 1. The van der Waals surface area contributed by atoms with E-state index in [1.807, 2.05) is 7.05 Å². The van der Waals surface area contributed by atoms with Gasteiger partial charge in [-0.25, -0.2) is 4.98 Å². The highest BCUT2D eigenvalue weighted by atomic mass is 32.2. The largest absolute Gasteiger partial charge is 0.466 e. The van der Waals surface area contributed by atoms with Crippen LogP contribution in [0, 0.1) is 0 Å². The summed E-state index contributed by atoms with van der Waals surface area (Å²) in [6.45, 7) is 4.38. The summed E-state index contributed by atoms with van der Waals surface area (Å²) in [6, 6.07) is 3.20. The van der Waals surface area contributed by atoms with E-state index in [-0.39, 0.29) is 18.2 Å². The Balaban J connectivity index is 1.96. The molecule has 0 unspecified atom stereocenters. The molecule has 0 amide bonds. The number of piperazine rings is 1. The molecule has 128 valence electrons. The van der Waals surface area contributed by atoms with E-state index >= 15 is 0 Å². The first-order valence-corrected chi connectivity index (χ1v) is 8.91. The molecule has 1 fully saturated rings. The van der Waals surface area contributed by atoms with Crippen molar-refractivity contribution in [3.05, 3.63) is 23.9 Å². The van der Waals surface area contributed by atoms with Gasteiger partial charge in [0.05, 0.1) is 13.0 Å². The van der Waals surface area contributed by atoms with Crippen molar-refractivity contribution in [2.24, 2.45) is 0 Å². The molecule has 0 bridgehead atoms. The van der Waals surface area contributed by atoms with Crippen molar-refractivity contribution in [2.45, 2.75) is 13.3 Å². The lowest BCUT2D eigenvalue weighted by molar-refractivity contribution is -0.142. The molecule has 23 heavy (non-hydrogen) atoms. The van der Waals surface area contributed by atoms with Crippen molar-refractivity contribution in [3.63, 3.8) is 0 Å². The number of nitrogens with zero attached hydrogens (tertiary/aromatic N) is 3. The molecule has 2 rings (SSSR count). The molecule has 0 aromatic carbocycles. The second-order valence-electron chi connectivity index (χ2n) is 5.34. The molecule has 1 aliphatic rings. The Morgan fingerprint density at radius 3 is 2.57 bits per heavy atom. The molecule has 1 aliphatic heterocycles. The van der Waals surface area contributed by atoms with Crippen LogP contribution in [0.25, 0.3) is 0 Å². The molecule has 0 atom stereocenters. The Hall–Kier alpha value is -1.71. The zero-order valence-corrected chi connectivity index (χ0v) is 14.2. The van der Waals surface area contributed by atoms with E-state index in [2.05, 4.69) is 14.6 Å². The van der Waals surface area contributed by atoms with Gasteiger partial charge in [-0.1, -0.05) is 6.07 Å². The highest BCUT2D eigenvalue weighted by molar-refractivity contribution is 7.90. The Morgan fingerprint density at radius 2 is 2.00 bits per heavy atom. The van der Waals surface area contributed by atoms with Crippen LogP contribution in [0.2, 0.25) is 0 Å². The second-order valence-corrected chi connectivity index (χ2v) is 7.01. The summed E-state index contributed by atoms with van der Waals surface area (Å²) in [7, 11) is -1.64. The van der Waals surface area contributed by atoms with E-state index < -0.39 is 10.2 Å². The molecule has 1 saturated heterocycles. The summed E-state index contributed by atoms with van der Waals surface area (Å²) >= 11 is 0. The van der Waals surface area contributed by atoms with Gasteiger partial charge in [0.1, 0.15) is 5.82 Å². The molecule has 8 nitrogen and oxygen atoms in total. The molecule has 1 N–H and O–H groups in total. The summed E-state index contributed by atoms with van der Waals surface area (Å²) in [4.78, 5) is 17.5. The van der Waals surface area contributed by atoms with Crippen LogP contribution >= 0.6 is 0 Å². The summed E-state index contributed by atoms with van der Waals surface area (Å²) in [5, 5.41) is 0. The Kier molecular flexibility index (Phi) is 5.91. The van der Waals surface area contributed by atoms with Gasteiger partial charge in [0.25, 0.3) is 0 Å². The lowest BCUT2D eigenvalue weighted by atomic mass is 10.2. The van der Waals surface area contributed by atoms with Crippen molar-refractivity contribution in [1.29, 1.82) is 0 Å².